The summed E-state index contributed by atoms with van der Waals surface area (Å²) in [7, 11) is 0. The van der Waals surface area contributed by atoms with Gasteiger partial charge in [-0.3, -0.25) is 4.79 Å². The highest BCUT2D eigenvalue weighted by molar-refractivity contribution is 5.85. The van der Waals surface area contributed by atoms with Gasteiger partial charge in [0.05, 0.1) is 17.5 Å². The number of carbonyl (C=O) groups is 1. The van der Waals surface area contributed by atoms with Gasteiger partial charge in [0, 0.05) is 0 Å². The zero-order valence-corrected chi connectivity index (χ0v) is 11.4. The number of amides is 1. The van der Waals surface area contributed by atoms with E-state index in [1.807, 2.05) is 67.6 Å². The zero-order chi connectivity index (χ0) is 14.2. The Morgan fingerprint density at radius 2 is 1.40 bits per heavy atom. The molecule has 0 spiro atoms. The van der Waals surface area contributed by atoms with Crippen LogP contribution in [0.15, 0.2) is 60.7 Å². The molecule has 1 aliphatic rings. The molecule has 0 radical (unpaired) electrons. The van der Waals surface area contributed by atoms with Gasteiger partial charge >= 0.3 is 0 Å². The molecule has 2 aromatic rings. The van der Waals surface area contributed by atoms with Crippen molar-refractivity contribution in [2.75, 3.05) is 0 Å². The van der Waals surface area contributed by atoms with Crippen molar-refractivity contribution in [3.05, 3.63) is 71.8 Å². The average Bonchev–Trinajstić information content (AvgIpc) is 2.72. The minimum Gasteiger partial charge on any atom is -0.339 e. The van der Waals surface area contributed by atoms with Crippen LogP contribution < -0.4 is 11.1 Å². The Morgan fingerprint density at radius 3 is 1.75 bits per heavy atom. The van der Waals surface area contributed by atoms with Crippen LogP contribution in [0.5, 0.6) is 0 Å². The summed E-state index contributed by atoms with van der Waals surface area (Å²) in [5.41, 5.74) is 7.96. The molecule has 0 aliphatic carbocycles. The molecule has 3 nitrogen and oxygen atoms in total. The second kappa shape index (κ2) is 4.76. The summed E-state index contributed by atoms with van der Waals surface area (Å²) in [5, 5.41) is 2.89. The second-order valence-corrected chi connectivity index (χ2v) is 5.31. The summed E-state index contributed by atoms with van der Waals surface area (Å²) in [6.07, 6.45) is -0.421. The van der Waals surface area contributed by atoms with Crippen LogP contribution in [0.3, 0.4) is 0 Å². The third kappa shape index (κ3) is 1.67. The summed E-state index contributed by atoms with van der Waals surface area (Å²) in [6, 6.07) is 20.1. The Kier molecular flexibility index (Phi) is 3.07. The zero-order valence-electron chi connectivity index (χ0n) is 11.4. The van der Waals surface area contributed by atoms with Crippen molar-refractivity contribution in [1.82, 2.24) is 5.32 Å². The Morgan fingerprint density at radius 1 is 0.950 bits per heavy atom. The SMILES string of the molecule is CC1C(=O)NC(N)C1(c1ccccc1)c1ccccc1. The molecule has 3 heteroatoms. The maximum absolute atomic E-state index is 12.2. The first kappa shape index (κ1) is 12.9. The number of nitrogens with two attached hydrogens (primary N) is 1. The van der Waals surface area contributed by atoms with Crippen molar-refractivity contribution >= 4 is 5.91 Å². The van der Waals surface area contributed by atoms with E-state index in [1.165, 1.54) is 0 Å². The van der Waals surface area contributed by atoms with E-state index in [4.69, 9.17) is 5.73 Å². The van der Waals surface area contributed by atoms with Gasteiger partial charge < -0.3 is 11.1 Å². The smallest absolute Gasteiger partial charge is 0.225 e. The first-order valence-electron chi connectivity index (χ1n) is 6.84. The number of carbonyl (C=O) groups excluding carboxylic acids is 1. The van der Waals surface area contributed by atoms with Crippen LogP contribution in [-0.4, -0.2) is 12.1 Å². The van der Waals surface area contributed by atoms with E-state index >= 15 is 0 Å². The van der Waals surface area contributed by atoms with Crippen molar-refractivity contribution in [3.63, 3.8) is 0 Å². The van der Waals surface area contributed by atoms with Crippen LogP contribution >= 0.6 is 0 Å². The van der Waals surface area contributed by atoms with Crippen LogP contribution in [0.1, 0.15) is 18.1 Å². The predicted octanol–water partition coefficient (Wildman–Crippen LogP) is 2.02. The van der Waals surface area contributed by atoms with Crippen LogP contribution in [-0.2, 0) is 10.2 Å². The molecular formula is C17H18N2O. The molecular weight excluding hydrogens is 248 g/mol. The molecule has 20 heavy (non-hydrogen) atoms. The van der Waals surface area contributed by atoms with E-state index in [1.54, 1.807) is 0 Å². The van der Waals surface area contributed by atoms with Crippen molar-refractivity contribution in [2.24, 2.45) is 11.7 Å². The molecule has 2 atom stereocenters. The lowest BCUT2D eigenvalue weighted by atomic mass is 9.66. The van der Waals surface area contributed by atoms with Gasteiger partial charge in [0.1, 0.15) is 0 Å². The van der Waals surface area contributed by atoms with Gasteiger partial charge in [0.2, 0.25) is 5.91 Å². The fourth-order valence-electron chi connectivity index (χ4n) is 3.32. The lowest BCUT2D eigenvalue weighted by Gasteiger charge is -2.36. The maximum Gasteiger partial charge on any atom is 0.225 e. The minimum atomic E-state index is -0.514. The number of nitrogens with one attached hydrogen (secondary N) is 1. The van der Waals surface area contributed by atoms with Crippen LogP contribution in [0, 0.1) is 5.92 Å². The summed E-state index contributed by atoms with van der Waals surface area (Å²) in [5.74, 6) is -0.201. The largest absolute Gasteiger partial charge is 0.339 e. The van der Waals surface area contributed by atoms with Crippen molar-refractivity contribution in [3.8, 4) is 0 Å². The van der Waals surface area contributed by atoms with Gasteiger partial charge in [-0.05, 0) is 11.1 Å². The number of rotatable bonds is 2. The van der Waals surface area contributed by atoms with Crippen LogP contribution in [0.2, 0.25) is 0 Å². The summed E-state index contributed by atoms with van der Waals surface area (Å²) >= 11 is 0. The van der Waals surface area contributed by atoms with E-state index < -0.39 is 11.6 Å². The summed E-state index contributed by atoms with van der Waals surface area (Å²) in [4.78, 5) is 12.2. The monoisotopic (exact) mass is 266 g/mol. The van der Waals surface area contributed by atoms with E-state index in [0.717, 1.165) is 11.1 Å². The quantitative estimate of drug-likeness (QED) is 0.873. The molecule has 3 N–H and O–H groups in total. The average molecular weight is 266 g/mol. The molecule has 1 amide bonds. The summed E-state index contributed by atoms with van der Waals surface area (Å²) < 4.78 is 0. The highest BCUT2D eigenvalue weighted by atomic mass is 16.2. The highest BCUT2D eigenvalue weighted by Crippen LogP contribution is 2.44. The maximum atomic E-state index is 12.2. The third-order valence-corrected chi connectivity index (χ3v) is 4.37. The van der Waals surface area contributed by atoms with Gasteiger partial charge in [-0.1, -0.05) is 67.6 Å². The minimum absolute atomic E-state index is 0.00482. The Hall–Kier alpha value is -2.13. The van der Waals surface area contributed by atoms with Gasteiger partial charge in [-0.2, -0.15) is 0 Å². The molecule has 102 valence electrons. The lowest BCUT2D eigenvalue weighted by Crippen LogP contribution is -2.49. The first-order chi connectivity index (χ1) is 9.67. The Balaban J connectivity index is 2.27. The standard InChI is InChI=1S/C17H18N2O/c1-12-15(20)19-16(18)17(12,13-8-4-2-5-9-13)14-10-6-3-7-11-14/h2-12,16H,18H2,1H3,(H,19,20). The number of hydrogen-bond donors (Lipinski definition) is 2. The molecule has 1 saturated heterocycles. The third-order valence-electron chi connectivity index (χ3n) is 4.37. The Bertz CT molecular complexity index is 570. The van der Waals surface area contributed by atoms with Gasteiger partial charge in [0.15, 0.2) is 0 Å². The molecule has 1 aliphatic heterocycles. The van der Waals surface area contributed by atoms with Crippen molar-refractivity contribution in [1.29, 1.82) is 0 Å². The molecule has 0 aromatic heterocycles. The van der Waals surface area contributed by atoms with Crippen LogP contribution in [0.4, 0.5) is 0 Å². The topological polar surface area (TPSA) is 55.1 Å². The first-order valence-corrected chi connectivity index (χ1v) is 6.84. The van der Waals surface area contributed by atoms with Crippen molar-refractivity contribution < 1.29 is 4.79 Å². The fourth-order valence-corrected chi connectivity index (χ4v) is 3.32. The van der Waals surface area contributed by atoms with E-state index in [2.05, 4.69) is 5.32 Å². The van der Waals surface area contributed by atoms with E-state index in [-0.39, 0.29) is 11.8 Å². The second-order valence-electron chi connectivity index (χ2n) is 5.31. The molecule has 0 saturated carbocycles. The Labute approximate surface area is 118 Å². The molecule has 0 bridgehead atoms. The molecule has 1 heterocycles. The van der Waals surface area contributed by atoms with Gasteiger partial charge in [-0.15, -0.1) is 0 Å². The summed E-state index contributed by atoms with van der Waals surface area (Å²) in [6.45, 7) is 1.95. The highest BCUT2D eigenvalue weighted by Gasteiger charge is 2.53. The van der Waals surface area contributed by atoms with Crippen LogP contribution in [0.25, 0.3) is 0 Å². The lowest BCUT2D eigenvalue weighted by molar-refractivity contribution is -0.122. The predicted molar refractivity (Wildman–Crippen MR) is 78.9 cm³/mol. The molecule has 2 aromatic carbocycles. The van der Waals surface area contributed by atoms with E-state index in [0.29, 0.717) is 0 Å². The molecule has 3 rings (SSSR count). The fraction of sp³-hybridized carbons (Fsp3) is 0.235. The van der Waals surface area contributed by atoms with Crippen molar-refractivity contribution in [2.45, 2.75) is 18.5 Å². The van der Waals surface area contributed by atoms with Gasteiger partial charge in [0.25, 0.3) is 0 Å². The number of benzene rings is 2. The molecule has 2 unspecified atom stereocenters. The number of hydrogen-bond acceptors (Lipinski definition) is 2. The van der Waals surface area contributed by atoms with E-state index in [9.17, 15) is 4.79 Å². The van der Waals surface area contributed by atoms with Gasteiger partial charge in [-0.25, -0.2) is 0 Å². The molecule has 1 fully saturated rings. The normalized spacial score (nSPS) is 24.4.